The molecule has 0 bridgehead atoms. The third-order valence-corrected chi connectivity index (χ3v) is 3.14. The molecule has 0 radical (unpaired) electrons. The van der Waals surface area contributed by atoms with Crippen molar-refractivity contribution in [3.8, 4) is 0 Å². The van der Waals surface area contributed by atoms with Gasteiger partial charge in [-0.3, -0.25) is 9.78 Å². The number of unbranched alkanes of at least 4 members (excludes halogenated alkanes) is 2. The summed E-state index contributed by atoms with van der Waals surface area (Å²) in [5.74, 6) is 0.438. The van der Waals surface area contributed by atoms with Gasteiger partial charge in [-0.25, -0.2) is 0 Å². The summed E-state index contributed by atoms with van der Waals surface area (Å²) in [6.45, 7) is 3.41. The molecule has 22 heavy (non-hydrogen) atoms. The van der Waals surface area contributed by atoms with Crippen LogP contribution in [0.5, 0.6) is 0 Å². The van der Waals surface area contributed by atoms with Crippen LogP contribution in [0.1, 0.15) is 42.4 Å². The highest BCUT2D eigenvalue weighted by molar-refractivity contribution is 5.92. The Morgan fingerprint density at radius 2 is 2.05 bits per heavy atom. The number of anilines is 1. The van der Waals surface area contributed by atoms with Crippen molar-refractivity contribution in [3.63, 3.8) is 0 Å². The van der Waals surface area contributed by atoms with Crippen LogP contribution in [0.25, 0.3) is 0 Å². The number of rotatable bonds is 8. The highest BCUT2D eigenvalue weighted by Crippen LogP contribution is 2.03. The fraction of sp³-hybridized carbons (Fsp3) is 0.375. The molecular formula is C16H21N5O. The Labute approximate surface area is 130 Å². The number of carbonyl (C=O) groups is 1. The van der Waals surface area contributed by atoms with Gasteiger partial charge in [-0.2, -0.15) is 0 Å². The Balaban J connectivity index is 1.80. The number of carbonyl (C=O) groups excluding carboxylic acids is 1. The van der Waals surface area contributed by atoms with E-state index in [1.54, 1.807) is 18.3 Å². The Kier molecular flexibility index (Phi) is 6.29. The maximum absolute atomic E-state index is 12.0. The number of amides is 1. The van der Waals surface area contributed by atoms with Gasteiger partial charge < -0.3 is 10.6 Å². The van der Waals surface area contributed by atoms with E-state index in [-0.39, 0.29) is 5.91 Å². The van der Waals surface area contributed by atoms with Crippen molar-refractivity contribution in [1.82, 2.24) is 20.5 Å². The zero-order valence-corrected chi connectivity index (χ0v) is 12.7. The van der Waals surface area contributed by atoms with Gasteiger partial charge >= 0.3 is 0 Å². The van der Waals surface area contributed by atoms with Gasteiger partial charge in [0.2, 0.25) is 0 Å². The molecule has 116 valence electrons. The first-order valence-electron chi connectivity index (χ1n) is 7.55. The predicted molar refractivity (Wildman–Crippen MR) is 85.5 cm³/mol. The van der Waals surface area contributed by atoms with Gasteiger partial charge in [-0.15, -0.1) is 10.2 Å². The molecule has 6 heteroatoms. The van der Waals surface area contributed by atoms with E-state index in [0.29, 0.717) is 18.1 Å². The molecule has 0 aliphatic heterocycles. The quantitative estimate of drug-likeness (QED) is 0.732. The van der Waals surface area contributed by atoms with Crippen molar-refractivity contribution in [2.45, 2.75) is 32.7 Å². The van der Waals surface area contributed by atoms with E-state index >= 15 is 0 Å². The monoisotopic (exact) mass is 299 g/mol. The van der Waals surface area contributed by atoms with Crippen LogP contribution in [0.15, 0.2) is 36.5 Å². The molecule has 0 unspecified atom stereocenters. The van der Waals surface area contributed by atoms with E-state index in [1.807, 2.05) is 18.2 Å². The molecule has 0 saturated carbocycles. The van der Waals surface area contributed by atoms with Gasteiger partial charge in [0.1, 0.15) is 5.82 Å². The molecule has 2 heterocycles. The fourth-order valence-electron chi connectivity index (χ4n) is 1.90. The molecule has 0 spiro atoms. The molecule has 2 N–H and O–H groups in total. The Morgan fingerprint density at radius 3 is 2.73 bits per heavy atom. The van der Waals surface area contributed by atoms with Crippen molar-refractivity contribution in [2.24, 2.45) is 0 Å². The van der Waals surface area contributed by atoms with Crippen molar-refractivity contribution < 1.29 is 4.79 Å². The zero-order valence-electron chi connectivity index (χ0n) is 12.7. The van der Waals surface area contributed by atoms with Gasteiger partial charge in [0.05, 0.1) is 12.2 Å². The average molecular weight is 299 g/mol. The zero-order chi connectivity index (χ0) is 15.6. The number of aromatic nitrogens is 3. The molecule has 0 aromatic carbocycles. The molecule has 0 aliphatic rings. The van der Waals surface area contributed by atoms with Crippen LogP contribution in [0.3, 0.4) is 0 Å². The predicted octanol–water partition coefficient (Wildman–Crippen LogP) is 2.40. The maximum atomic E-state index is 12.0. The summed E-state index contributed by atoms with van der Waals surface area (Å²) in [5.41, 5.74) is 1.10. The van der Waals surface area contributed by atoms with Crippen LogP contribution in [-0.2, 0) is 6.54 Å². The number of nitrogens with one attached hydrogen (secondary N) is 2. The number of nitrogens with zero attached hydrogens (tertiary/aromatic N) is 3. The lowest BCUT2D eigenvalue weighted by molar-refractivity contribution is 0.0944. The number of pyridine rings is 1. The van der Waals surface area contributed by atoms with Gasteiger partial charge in [-0.05, 0) is 30.7 Å². The second kappa shape index (κ2) is 8.71. The summed E-state index contributed by atoms with van der Waals surface area (Å²) in [4.78, 5) is 16.1. The molecule has 0 saturated heterocycles. The van der Waals surface area contributed by atoms with Crippen molar-refractivity contribution >= 4 is 11.7 Å². The normalized spacial score (nSPS) is 10.2. The van der Waals surface area contributed by atoms with E-state index in [9.17, 15) is 4.79 Å². The molecule has 6 nitrogen and oxygen atoms in total. The first kappa shape index (κ1) is 15.9. The summed E-state index contributed by atoms with van der Waals surface area (Å²) >= 11 is 0. The number of hydrogen-bond acceptors (Lipinski definition) is 5. The summed E-state index contributed by atoms with van der Waals surface area (Å²) in [7, 11) is 0. The highest BCUT2D eigenvalue weighted by atomic mass is 16.1. The first-order valence-corrected chi connectivity index (χ1v) is 7.55. The Morgan fingerprint density at radius 1 is 1.14 bits per heavy atom. The van der Waals surface area contributed by atoms with Gasteiger partial charge in [0.15, 0.2) is 5.69 Å². The molecule has 2 aromatic heterocycles. The minimum absolute atomic E-state index is 0.254. The molecule has 1 amide bonds. The van der Waals surface area contributed by atoms with Crippen molar-refractivity contribution in [1.29, 1.82) is 0 Å². The van der Waals surface area contributed by atoms with Crippen LogP contribution >= 0.6 is 0 Å². The van der Waals surface area contributed by atoms with E-state index in [2.05, 4.69) is 32.7 Å². The third kappa shape index (κ3) is 5.12. The van der Waals surface area contributed by atoms with Crippen molar-refractivity contribution in [2.75, 3.05) is 11.9 Å². The van der Waals surface area contributed by atoms with Crippen LogP contribution < -0.4 is 10.6 Å². The van der Waals surface area contributed by atoms with E-state index in [0.717, 1.165) is 18.7 Å². The molecule has 2 rings (SSSR count). The lowest BCUT2D eigenvalue weighted by Gasteiger charge is -2.06. The largest absolute Gasteiger partial charge is 0.369 e. The van der Waals surface area contributed by atoms with Gasteiger partial charge in [0.25, 0.3) is 5.91 Å². The maximum Gasteiger partial charge on any atom is 0.272 e. The summed E-state index contributed by atoms with van der Waals surface area (Å²) in [6.07, 6.45) is 5.17. The van der Waals surface area contributed by atoms with Crippen LogP contribution in [0.2, 0.25) is 0 Å². The SMILES string of the molecule is CCCCCNc1ccc(C(=O)NCc2ccccn2)nn1. The standard InChI is InChI=1S/C16H21N5O/c1-2-3-5-11-18-15-9-8-14(20-21-15)16(22)19-12-13-7-4-6-10-17-13/h4,6-10H,2-3,5,11-12H2,1H3,(H,18,21)(H,19,22). The molecular weight excluding hydrogens is 278 g/mol. The van der Waals surface area contributed by atoms with Crippen LogP contribution in [-0.4, -0.2) is 27.6 Å². The van der Waals surface area contributed by atoms with Crippen molar-refractivity contribution in [3.05, 3.63) is 47.9 Å². The van der Waals surface area contributed by atoms with E-state index < -0.39 is 0 Å². The summed E-state index contributed by atoms with van der Waals surface area (Å²) in [5, 5.41) is 13.9. The smallest absolute Gasteiger partial charge is 0.272 e. The molecule has 0 fully saturated rings. The van der Waals surface area contributed by atoms with Crippen LogP contribution in [0, 0.1) is 0 Å². The van der Waals surface area contributed by atoms with Gasteiger partial charge in [-0.1, -0.05) is 25.8 Å². The third-order valence-electron chi connectivity index (χ3n) is 3.14. The summed E-state index contributed by atoms with van der Waals surface area (Å²) < 4.78 is 0. The number of hydrogen-bond donors (Lipinski definition) is 2. The Bertz CT molecular complexity index is 571. The average Bonchev–Trinajstić information content (AvgIpc) is 2.58. The van der Waals surface area contributed by atoms with E-state index in [1.165, 1.54) is 12.8 Å². The van der Waals surface area contributed by atoms with Crippen LogP contribution in [0.4, 0.5) is 5.82 Å². The molecule has 0 aliphatic carbocycles. The topological polar surface area (TPSA) is 79.8 Å². The van der Waals surface area contributed by atoms with Gasteiger partial charge in [0, 0.05) is 12.7 Å². The summed E-state index contributed by atoms with van der Waals surface area (Å²) in [6, 6.07) is 9.02. The highest BCUT2D eigenvalue weighted by Gasteiger charge is 2.08. The first-order chi connectivity index (χ1) is 10.8. The molecule has 0 atom stereocenters. The second-order valence-corrected chi connectivity index (χ2v) is 4.94. The minimum atomic E-state index is -0.254. The lowest BCUT2D eigenvalue weighted by Crippen LogP contribution is -2.24. The minimum Gasteiger partial charge on any atom is -0.369 e. The fourth-order valence-corrected chi connectivity index (χ4v) is 1.90. The second-order valence-electron chi connectivity index (χ2n) is 4.94. The lowest BCUT2D eigenvalue weighted by atomic mass is 10.2. The van der Waals surface area contributed by atoms with E-state index in [4.69, 9.17) is 0 Å². The molecule has 2 aromatic rings. The Hall–Kier alpha value is -2.50.